The van der Waals surface area contributed by atoms with E-state index in [0.717, 1.165) is 22.4 Å². The van der Waals surface area contributed by atoms with E-state index < -0.39 is 10.0 Å². The molecule has 0 saturated heterocycles. The maximum absolute atomic E-state index is 12.6. The van der Waals surface area contributed by atoms with Crippen LogP contribution in [0.15, 0.2) is 36.4 Å². The molecule has 5 nitrogen and oxygen atoms in total. The van der Waals surface area contributed by atoms with E-state index in [-0.39, 0.29) is 11.9 Å². The summed E-state index contributed by atoms with van der Waals surface area (Å²) in [4.78, 5) is 12.6. The van der Waals surface area contributed by atoms with Gasteiger partial charge < -0.3 is 5.32 Å². The molecule has 0 fully saturated rings. The van der Waals surface area contributed by atoms with E-state index in [1.807, 2.05) is 39.0 Å². The fraction of sp³-hybridized carbons (Fsp3) is 0.316. The average Bonchev–Trinajstić information content (AvgIpc) is 2.80. The average molecular weight is 358 g/mol. The van der Waals surface area contributed by atoms with Crippen LogP contribution in [0.4, 0.5) is 11.4 Å². The predicted molar refractivity (Wildman–Crippen MR) is 101 cm³/mol. The predicted octanol–water partition coefficient (Wildman–Crippen LogP) is 3.27. The first-order chi connectivity index (χ1) is 11.6. The van der Waals surface area contributed by atoms with Gasteiger partial charge >= 0.3 is 0 Å². The summed E-state index contributed by atoms with van der Waals surface area (Å²) < 4.78 is 25.4. The molecular formula is C19H22N2O3S. The molecule has 2 aromatic carbocycles. The van der Waals surface area contributed by atoms with Gasteiger partial charge in [-0.15, -0.1) is 0 Å². The molecule has 0 spiro atoms. The van der Waals surface area contributed by atoms with E-state index >= 15 is 0 Å². The summed E-state index contributed by atoms with van der Waals surface area (Å²) in [5.74, 6) is -0.196. The number of hydrogen-bond donors (Lipinski definition) is 1. The second-order valence-corrected chi connectivity index (χ2v) is 8.65. The number of nitrogens with zero attached hydrogens (tertiary/aromatic N) is 1. The smallest absolute Gasteiger partial charge is 0.255 e. The van der Waals surface area contributed by atoms with Crippen LogP contribution in [0, 0.1) is 13.8 Å². The van der Waals surface area contributed by atoms with Gasteiger partial charge in [-0.2, -0.15) is 0 Å². The Balaban J connectivity index is 1.88. The molecule has 1 amide bonds. The number of nitrogens with one attached hydrogen (secondary N) is 1. The van der Waals surface area contributed by atoms with Crippen LogP contribution < -0.4 is 9.62 Å². The molecule has 0 saturated carbocycles. The standard InChI is InChI=1S/C19H22N2O3S/c1-12-7-13(2)9-17(8-12)20-19(22)15-5-6-18-16(11-15)10-14(3)21(18)25(4,23)24/h5-9,11,14H,10H2,1-4H3,(H,20,22)/t14-/m0/s1. The van der Waals surface area contributed by atoms with Crippen molar-refractivity contribution in [3.63, 3.8) is 0 Å². The Morgan fingerprint density at radius 3 is 2.36 bits per heavy atom. The van der Waals surface area contributed by atoms with Gasteiger partial charge in [-0.3, -0.25) is 9.10 Å². The molecule has 6 heteroatoms. The number of hydrogen-bond acceptors (Lipinski definition) is 3. The molecule has 1 aliphatic heterocycles. The molecule has 0 radical (unpaired) electrons. The van der Waals surface area contributed by atoms with E-state index in [2.05, 4.69) is 5.32 Å². The first-order valence-electron chi connectivity index (χ1n) is 8.17. The zero-order valence-corrected chi connectivity index (χ0v) is 15.6. The highest BCUT2D eigenvalue weighted by Gasteiger charge is 2.32. The molecule has 0 aliphatic carbocycles. The highest BCUT2D eigenvalue weighted by Crippen LogP contribution is 2.34. The molecule has 2 aromatic rings. The van der Waals surface area contributed by atoms with Crippen LogP contribution in [0.3, 0.4) is 0 Å². The van der Waals surface area contributed by atoms with Crippen molar-refractivity contribution in [3.8, 4) is 0 Å². The van der Waals surface area contributed by atoms with Crippen LogP contribution >= 0.6 is 0 Å². The Hall–Kier alpha value is -2.34. The van der Waals surface area contributed by atoms with Crippen molar-refractivity contribution in [2.45, 2.75) is 33.2 Å². The monoisotopic (exact) mass is 358 g/mol. The maximum Gasteiger partial charge on any atom is 0.255 e. The van der Waals surface area contributed by atoms with Crippen molar-refractivity contribution < 1.29 is 13.2 Å². The van der Waals surface area contributed by atoms with E-state index in [1.54, 1.807) is 18.2 Å². The molecule has 25 heavy (non-hydrogen) atoms. The number of sulfonamides is 1. The number of anilines is 2. The maximum atomic E-state index is 12.6. The van der Waals surface area contributed by atoms with Gasteiger partial charge in [0.05, 0.1) is 11.9 Å². The van der Waals surface area contributed by atoms with Crippen molar-refractivity contribution in [1.29, 1.82) is 0 Å². The Morgan fingerprint density at radius 2 is 1.76 bits per heavy atom. The van der Waals surface area contributed by atoms with Crippen molar-refractivity contribution in [1.82, 2.24) is 0 Å². The van der Waals surface area contributed by atoms with Gasteiger partial charge in [0, 0.05) is 17.3 Å². The second kappa shape index (κ2) is 6.19. The second-order valence-electron chi connectivity index (χ2n) is 6.79. The summed E-state index contributed by atoms with van der Waals surface area (Å²) in [6, 6.07) is 10.9. The highest BCUT2D eigenvalue weighted by atomic mass is 32.2. The number of fused-ring (bicyclic) bond motifs is 1. The molecule has 1 aliphatic rings. The molecule has 0 aromatic heterocycles. The number of carbonyl (C=O) groups is 1. The third-order valence-corrected chi connectivity index (χ3v) is 5.60. The SMILES string of the molecule is Cc1cc(C)cc(NC(=O)c2ccc3c(c2)C[C@H](C)N3S(C)(=O)=O)c1. The van der Waals surface area contributed by atoms with Crippen molar-refractivity contribution in [2.24, 2.45) is 0 Å². The molecule has 1 N–H and O–H groups in total. The van der Waals surface area contributed by atoms with Crippen molar-refractivity contribution in [2.75, 3.05) is 15.9 Å². The van der Waals surface area contributed by atoms with E-state index in [1.165, 1.54) is 10.6 Å². The molecule has 0 unspecified atom stereocenters. The number of carbonyl (C=O) groups excluding carboxylic acids is 1. The fourth-order valence-electron chi connectivity index (χ4n) is 3.50. The van der Waals surface area contributed by atoms with E-state index in [9.17, 15) is 13.2 Å². The van der Waals surface area contributed by atoms with Gasteiger partial charge in [-0.05, 0) is 74.2 Å². The lowest BCUT2D eigenvalue weighted by atomic mass is 10.1. The van der Waals surface area contributed by atoms with Crippen LogP contribution in [0.5, 0.6) is 0 Å². The topological polar surface area (TPSA) is 66.5 Å². The molecule has 132 valence electrons. The van der Waals surface area contributed by atoms with Crippen molar-refractivity contribution in [3.05, 3.63) is 58.7 Å². The summed E-state index contributed by atoms with van der Waals surface area (Å²) in [5.41, 5.74) is 5.00. The number of aryl methyl sites for hydroxylation is 2. The molecule has 1 atom stereocenters. The van der Waals surface area contributed by atoms with Gasteiger partial charge in [0.2, 0.25) is 10.0 Å². The molecule has 1 heterocycles. The quantitative estimate of drug-likeness (QED) is 0.916. The minimum absolute atomic E-state index is 0.136. The number of amides is 1. The van der Waals surface area contributed by atoms with Gasteiger partial charge in [0.15, 0.2) is 0 Å². The highest BCUT2D eigenvalue weighted by molar-refractivity contribution is 7.92. The molecular weight excluding hydrogens is 336 g/mol. The lowest BCUT2D eigenvalue weighted by Crippen LogP contribution is -2.34. The zero-order chi connectivity index (χ0) is 18.4. The molecule has 3 rings (SSSR count). The van der Waals surface area contributed by atoms with Gasteiger partial charge in [-0.25, -0.2) is 8.42 Å². The van der Waals surface area contributed by atoms with E-state index in [4.69, 9.17) is 0 Å². The largest absolute Gasteiger partial charge is 0.322 e. The van der Waals surface area contributed by atoms with E-state index in [0.29, 0.717) is 17.7 Å². The zero-order valence-electron chi connectivity index (χ0n) is 14.8. The van der Waals surface area contributed by atoms with Crippen LogP contribution in [0.25, 0.3) is 0 Å². The van der Waals surface area contributed by atoms with Gasteiger partial charge in [-0.1, -0.05) is 6.07 Å². The molecule has 0 bridgehead atoms. The minimum atomic E-state index is -3.32. The Morgan fingerprint density at radius 1 is 1.12 bits per heavy atom. The normalized spacial score (nSPS) is 16.6. The Bertz CT molecular complexity index is 931. The first kappa shape index (κ1) is 17.5. The van der Waals surface area contributed by atoms with Crippen LogP contribution in [-0.2, 0) is 16.4 Å². The van der Waals surface area contributed by atoms with Crippen LogP contribution in [-0.4, -0.2) is 26.6 Å². The third-order valence-electron chi connectivity index (χ3n) is 4.33. The fourth-order valence-corrected chi connectivity index (χ4v) is 4.76. The lowest BCUT2D eigenvalue weighted by Gasteiger charge is -2.21. The number of benzene rings is 2. The van der Waals surface area contributed by atoms with Gasteiger partial charge in [0.1, 0.15) is 0 Å². The summed E-state index contributed by atoms with van der Waals surface area (Å²) >= 11 is 0. The summed E-state index contributed by atoms with van der Waals surface area (Å²) in [6.45, 7) is 5.84. The van der Waals surface area contributed by atoms with Gasteiger partial charge in [0.25, 0.3) is 5.91 Å². The summed E-state index contributed by atoms with van der Waals surface area (Å²) in [7, 11) is -3.32. The Labute approximate surface area is 148 Å². The van der Waals surface area contributed by atoms with Crippen LogP contribution in [0.1, 0.15) is 34.0 Å². The Kier molecular flexibility index (Phi) is 4.33. The van der Waals surface area contributed by atoms with Crippen molar-refractivity contribution >= 4 is 27.3 Å². The summed E-state index contributed by atoms with van der Waals surface area (Å²) in [6.07, 6.45) is 1.81. The summed E-state index contributed by atoms with van der Waals surface area (Å²) in [5, 5.41) is 2.91. The lowest BCUT2D eigenvalue weighted by molar-refractivity contribution is 0.102. The van der Waals surface area contributed by atoms with Crippen LogP contribution in [0.2, 0.25) is 0 Å². The first-order valence-corrected chi connectivity index (χ1v) is 10.0. The third kappa shape index (κ3) is 3.54. The number of rotatable bonds is 3. The minimum Gasteiger partial charge on any atom is -0.322 e.